The first-order valence-electron chi connectivity index (χ1n) is 6.84. The number of hydrogen-bond donors (Lipinski definition) is 2. The van der Waals surface area contributed by atoms with Crippen molar-refractivity contribution in [3.63, 3.8) is 0 Å². The van der Waals surface area contributed by atoms with E-state index in [0.29, 0.717) is 11.7 Å². The summed E-state index contributed by atoms with van der Waals surface area (Å²) in [6.45, 7) is 2.17. The van der Waals surface area contributed by atoms with Gasteiger partial charge in [0.05, 0.1) is 0 Å². The molecule has 1 saturated heterocycles. The van der Waals surface area contributed by atoms with Gasteiger partial charge < -0.3 is 10.4 Å². The van der Waals surface area contributed by atoms with Gasteiger partial charge in [-0.3, -0.25) is 0 Å². The SMILES string of the molecule is Oc1cc2ccc(Cl)cc2cc1CC1CCCNC1. The van der Waals surface area contributed by atoms with E-state index < -0.39 is 0 Å². The Hall–Kier alpha value is -1.25. The molecule has 0 saturated carbocycles. The van der Waals surface area contributed by atoms with Gasteiger partial charge in [-0.25, -0.2) is 0 Å². The predicted molar refractivity (Wildman–Crippen MR) is 79.9 cm³/mol. The average molecular weight is 276 g/mol. The first-order chi connectivity index (χ1) is 9.22. The molecule has 1 heterocycles. The zero-order valence-corrected chi connectivity index (χ0v) is 11.6. The van der Waals surface area contributed by atoms with Crippen LogP contribution in [0.15, 0.2) is 30.3 Å². The second-order valence-electron chi connectivity index (χ2n) is 5.39. The van der Waals surface area contributed by atoms with Crippen LogP contribution in [0.1, 0.15) is 18.4 Å². The average Bonchev–Trinajstić information content (AvgIpc) is 2.41. The zero-order valence-electron chi connectivity index (χ0n) is 10.8. The van der Waals surface area contributed by atoms with Crippen molar-refractivity contribution in [2.45, 2.75) is 19.3 Å². The lowest BCUT2D eigenvalue weighted by atomic mass is 9.91. The molecule has 1 unspecified atom stereocenters. The van der Waals surface area contributed by atoms with Gasteiger partial charge in [0.25, 0.3) is 0 Å². The molecule has 1 atom stereocenters. The number of rotatable bonds is 2. The lowest BCUT2D eigenvalue weighted by Gasteiger charge is -2.23. The molecule has 19 heavy (non-hydrogen) atoms. The summed E-state index contributed by atoms with van der Waals surface area (Å²) in [5.74, 6) is 1.02. The van der Waals surface area contributed by atoms with Crippen LogP contribution in [0.3, 0.4) is 0 Å². The lowest BCUT2D eigenvalue weighted by Crippen LogP contribution is -2.30. The van der Waals surface area contributed by atoms with E-state index in [9.17, 15) is 5.11 Å². The maximum Gasteiger partial charge on any atom is 0.119 e. The summed E-state index contributed by atoms with van der Waals surface area (Å²) in [4.78, 5) is 0. The van der Waals surface area contributed by atoms with Crippen molar-refractivity contribution in [2.75, 3.05) is 13.1 Å². The van der Waals surface area contributed by atoms with Gasteiger partial charge in [-0.2, -0.15) is 0 Å². The van der Waals surface area contributed by atoms with E-state index in [-0.39, 0.29) is 0 Å². The molecule has 2 N–H and O–H groups in total. The van der Waals surface area contributed by atoms with Gasteiger partial charge in [0.1, 0.15) is 5.75 Å². The molecule has 0 aliphatic carbocycles. The van der Waals surface area contributed by atoms with Crippen molar-refractivity contribution in [3.8, 4) is 5.75 Å². The van der Waals surface area contributed by atoms with Crippen LogP contribution in [-0.2, 0) is 6.42 Å². The summed E-state index contributed by atoms with van der Waals surface area (Å²) in [5.41, 5.74) is 1.03. The molecule has 3 heteroatoms. The highest BCUT2D eigenvalue weighted by atomic mass is 35.5. The fourth-order valence-corrected chi connectivity index (χ4v) is 3.06. The molecule has 0 bridgehead atoms. The van der Waals surface area contributed by atoms with E-state index in [1.807, 2.05) is 24.3 Å². The molecule has 2 aromatic carbocycles. The Balaban J connectivity index is 1.91. The van der Waals surface area contributed by atoms with Crippen molar-refractivity contribution in [1.29, 1.82) is 0 Å². The minimum Gasteiger partial charge on any atom is -0.508 e. The highest BCUT2D eigenvalue weighted by molar-refractivity contribution is 6.31. The van der Waals surface area contributed by atoms with E-state index in [0.717, 1.165) is 40.9 Å². The third-order valence-corrected chi connectivity index (χ3v) is 4.14. The second kappa shape index (κ2) is 5.40. The quantitative estimate of drug-likeness (QED) is 0.875. The van der Waals surface area contributed by atoms with Crippen molar-refractivity contribution in [1.82, 2.24) is 5.32 Å². The maximum absolute atomic E-state index is 10.2. The standard InChI is InChI=1S/C16H18ClNO/c17-15-4-3-12-9-16(19)14(7-13(12)8-15)6-11-2-1-5-18-10-11/h3-4,7-9,11,18-19H,1-2,5-6,10H2. The Morgan fingerprint density at radius 2 is 2.11 bits per heavy atom. The topological polar surface area (TPSA) is 32.3 Å². The predicted octanol–water partition coefficient (Wildman–Crippen LogP) is 3.74. The molecule has 0 amide bonds. The molecule has 0 spiro atoms. The van der Waals surface area contributed by atoms with Crippen molar-refractivity contribution >= 4 is 22.4 Å². The Morgan fingerprint density at radius 3 is 2.89 bits per heavy atom. The first-order valence-corrected chi connectivity index (χ1v) is 7.22. The number of aromatic hydroxyl groups is 1. The number of nitrogens with one attached hydrogen (secondary N) is 1. The number of phenolic OH excluding ortho intramolecular Hbond substituents is 1. The second-order valence-corrected chi connectivity index (χ2v) is 5.83. The summed E-state index contributed by atoms with van der Waals surface area (Å²) in [6.07, 6.45) is 3.39. The number of phenols is 1. The van der Waals surface area contributed by atoms with Crippen LogP contribution in [0.25, 0.3) is 10.8 Å². The van der Waals surface area contributed by atoms with Crippen LogP contribution >= 0.6 is 11.6 Å². The van der Waals surface area contributed by atoms with Gasteiger partial charge in [-0.1, -0.05) is 17.7 Å². The lowest BCUT2D eigenvalue weighted by molar-refractivity contribution is 0.370. The van der Waals surface area contributed by atoms with Gasteiger partial charge in [0, 0.05) is 5.02 Å². The van der Waals surface area contributed by atoms with Gasteiger partial charge >= 0.3 is 0 Å². The minimum absolute atomic E-state index is 0.403. The third kappa shape index (κ3) is 2.85. The van der Waals surface area contributed by atoms with Crippen molar-refractivity contribution in [3.05, 3.63) is 40.9 Å². The van der Waals surface area contributed by atoms with Crippen LogP contribution in [-0.4, -0.2) is 18.2 Å². The highest BCUT2D eigenvalue weighted by Gasteiger charge is 2.15. The van der Waals surface area contributed by atoms with E-state index in [2.05, 4.69) is 11.4 Å². The normalized spacial score (nSPS) is 19.7. The third-order valence-electron chi connectivity index (χ3n) is 3.91. The molecule has 2 aromatic rings. The summed E-state index contributed by atoms with van der Waals surface area (Å²) in [7, 11) is 0. The molecule has 1 fully saturated rings. The number of piperidine rings is 1. The van der Waals surface area contributed by atoms with Gasteiger partial charge in [-0.15, -0.1) is 0 Å². The molecule has 2 nitrogen and oxygen atoms in total. The van der Waals surface area contributed by atoms with Crippen molar-refractivity contribution < 1.29 is 5.11 Å². The monoisotopic (exact) mass is 275 g/mol. The van der Waals surface area contributed by atoms with E-state index in [1.54, 1.807) is 0 Å². The Bertz CT molecular complexity index is 591. The van der Waals surface area contributed by atoms with Gasteiger partial charge in [-0.05, 0) is 78.9 Å². The van der Waals surface area contributed by atoms with Crippen molar-refractivity contribution in [2.24, 2.45) is 5.92 Å². The highest BCUT2D eigenvalue weighted by Crippen LogP contribution is 2.29. The Morgan fingerprint density at radius 1 is 1.21 bits per heavy atom. The van der Waals surface area contributed by atoms with Crippen LogP contribution in [0.4, 0.5) is 0 Å². The maximum atomic E-state index is 10.2. The zero-order chi connectivity index (χ0) is 13.2. The minimum atomic E-state index is 0.403. The summed E-state index contributed by atoms with van der Waals surface area (Å²) in [5, 5.41) is 16.4. The smallest absolute Gasteiger partial charge is 0.119 e. The van der Waals surface area contributed by atoms with E-state index in [1.165, 1.54) is 12.8 Å². The van der Waals surface area contributed by atoms with Crippen LogP contribution in [0, 0.1) is 5.92 Å². The molecule has 3 rings (SSSR count). The van der Waals surface area contributed by atoms with Gasteiger partial charge in [0.2, 0.25) is 0 Å². The summed E-state index contributed by atoms with van der Waals surface area (Å²) >= 11 is 6.03. The summed E-state index contributed by atoms with van der Waals surface area (Å²) in [6, 6.07) is 9.68. The molecule has 0 radical (unpaired) electrons. The molecule has 0 aromatic heterocycles. The van der Waals surface area contributed by atoms with Crippen LogP contribution in [0.2, 0.25) is 5.02 Å². The van der Waals surface area contributed by atoms with Crippen LogP contribution in [0.5, 0.6) is 5.75 Å². The van der Waals surface area contributed by atoms with Crippen LogP contribution < -0.4 is 5.32 Å². The number of fused-ring (bicyclic) bond motifs is 1. The molecular weight excluding hydrogens is 258 g/mol. The molecular formula is C16H18ClNO. The largest absolute Gasteiger partial charge is 0.508 e. The number of hydrogen-bond acceptors (Lipinski definition) is 2. The fourth-order valence-electron chi connectivity index (χ4n) is 2.88. The van der Waals surface area contributed by atoms with Gasteiger partial charge in [0.15, 0.2) is 0 Å². The van der Waals surface area contributed by atoms with E-state index in [4.69, 9.17) is 11.6 Å². The number of benzene rings is 2. The summed E-state index contributed by atoms with van der Waals surface area (Å²) < 4.78 is 0. The Kier molecular flexibility index (Phi) is 3.63. The molecule has 1 aliphatic rings. The number of halogens is 1. The van der Waals surface area contributed by atoms with E-state index >= 15 is 0 Å². The fraction of sp³-hybridized carbons (Fsp3) is 0.375. The Labute approximate surface area is 118 Å². The molecule has 1 aliphatic heterocycles. The first kappa shape index (κ1) is 12.8. The molecule has 100 valence electrons.